The maximum Gasteiger partial charge on any atom is 0.251 e. The molecule has 7 heteroatoms. The number of hydrogen-bond donors (Lipinski definition) is 1. The van der Waals surface area contributed by atoms with E-state index in [-0.39, 0.29) is 17.6 Å². The quantitative estimate of drug-likeness (QED) is 0.463. The Bertz CT molecular complexity index is 1120. The van der Waals surface area contributed by atoms with E-state index in [4.69, 9.17) is 0 Å². The van der Waals surface area contributed by atoms with Gasteiger partial charge in [0.05, 0.1) is 10.2 Å². The number of hydrogen-bond acceptors (Lipinski definition) is 5. The van der Waals surface area contributed by atoms with Crippen LogP contribution in [0.25, 0.3) is 20.8 Å². The van der Waals surface area contributed by atoms with E-state index in [1.807, 2.05) is 35.2 Å². The van der Waals surface area contributed by atoms with Gasteiger partial charge >= 0.3 is 0 Å². The van der Waals surface area contributed by atoms with Crippen LogP contribution in [0.3, 0.4) is 0 Å². The topological polar surface area (TPSA) is 79.4 Å². The average Bonchev–Trinajstić information content (AvgIpc) is 3.36. The molecular weight excluding hydrogens is 398 g/mol. The molecule has 154 valence electrons. The normalized spacial score (nSPS) is 13.8. The number of benzene rings is 2. The Kier molecular flexibility index (Phi) is 5.90. The van der Waals surface area contributed by atoms with Gasteiger partial charge in [0.25, 0.3) is 5.91 Å². The number of amides is 2. The van der Waals surface area contributed by atoms with Crippen molar-refractivity contribution in [3.63, 3.8) is 0 Å². The van der Waals surface area contributed by atoms with Crippen LogP contribution in [0.15, 0.2) is 42.5 Å². The molecule has 0 atom stereocenters. The molecule has 1 aliphatic heterocycles. The van der Waals surface area contributed by atoms with Gasteiger partial charge in [0, 0.05) is 42.7 Å². The van der Waals surface area contributed by atoms with Gasteiger partial charge in [-0.05, 0) is 44.0 Å². The zero-order valence-corrected chi connectivity index (χ0v) is 17.6. The largest absolute Gasteiger partial charge is 0.352 e. The minimum absolute atomic E-state index is 0.0195. The van der Waals surface area contributed by atoms with Gasteiger partial charge in [-0.15, -0.1) is 11.3 Å². The van der Waals surface area contributed by atoms with E-state index in [9.17, 15) is 14.4 Å². The van der Waals surface area contributed by atoms with Crippen molar-refractivity contribution in [2.24, 2.45) is 0 Å². The number of carbonyl (C=O) groups is 3. The summed E-state index contributed by atoms with van der Waals surface area (Å²) >= 11 is 1.50. The van der Waals surface area contributed by atoms with E-state index in [1.165, 1.54) is 11.3 Å². The number of likely N-dealkylation sites (tertiary alicyclic amines) is 1. The molecule has 0 saturated carbocycles. The molecule has 4 rings (SSSR count). The summed E-state index contributed by atoms with van der Waals surface area (Å²) in [5.74, 6) is 0.103. The van der Waals surface area contributed by atoms with E-state index in [0.717, 1.165) is 40.2 Å². The Morgan fingerprint density at radius 3 is 2.80 bits per heavy atom. The van der Waals surface area contributed by atoms with Crippen LogP contribution in [-0.2, 0) is 4.79 Å². The lowest BCUT2D eigenvalue weighted by atomic mass is 10.1. The Labute approximate surface area is 178 Å². The number of carbonyl (C=O) groups excluding carboxylic acids is 3. The Balaban J connectivity index is 1.42. The first-order valence-corrected chi connectivity index (χ1v) is 10.9. The zero-order valence-electron chi connectivity index (χ0n) is 16.8. The SMILES string of the molecule is CC(=O)c1cccc(-c2nc3ccc(C(=O)NCCCN4CCCC4=O)cc3s2)c1. The molecule has 1 fully saturated rings. The molecule has 0 unspecified atom stereocenters. The lowest BCUT2D eigenvalue weighted by Gasteiger charge is -2.15. The van der Waals surface area contributed by atoms with Crippen LogP contribution < -0.4 is 5.32 Å². The number of rotatable bonds is 7. The zero-order chi connectivity index (χ0) is 21.1. The highest BCUT2D eigenvalue weighted by atomic mass is 32.1. The van der Waals surface area contributed by atoms with Crippen molar-refractivity contribution in [3.8, 4) is 10.6 Å². The van der Waals surface area contributed by atoms with Gasteiger partial charge < -0.3 is 10.2 Å². The second-order valence-electron chi connectivity index (χ2n) is 7.43. The van der Waals surface area contributed by atoms with Gasteiger partial charge in [0.1, 0.15) is 5.01 Å². The first-order valence-electron chi connectivity index (χ1n) is 10.1. The highest BCUT2D eigenvalue weighted by Gasteiger charge is 2.19. The Hall–Kier alpha value is -3.06. The van der Waals surface area contributed by atoms with Gasteiger partial charge in [-0.1, -0.05) is 18.2 Å². The molecule has 0 radical (unpaired) electrons. The molecule has 2 amide bonds. The summed E-state index contributed by atoms with van der Waals surface area (Å²) in [5, 5.41) is 3.75. The third kappa shape index (κ3) is 4.41. The highest BCUT2D eigenvalue weighted by molar-refractivity contribution is 7.21. The van der Waals surface area contributed by atoms with E-state index in [2.05, 4.69) is 10.3 Å². The second kappa shape index (κ2) is 8.75. The molecule has 3 aromatic rings. The Morgan fingerprint density at radius 1 is 1.17 bits per heavy atom. The smallest absolute Gasteiger partial charge is 0.251 e. The fraction of sp³-hybridized carbons (Fsp3) is 0.304. The van der Waals surface area contributed by atoms with Gasteiger partial charge in [-0.2, -0.15) is 0 Å². The molecule has 1 aromatic heterocycles. The highest BCUT2D eigenvalue weighted by Crippen LogP contribution is 2.31. The van der Waals surface area contributed by atoms with Crippen LogP contribution in [0.2, 0.25) is 0 Å². The fourth-order valence-corrected chi connectivity index (χ4v) is 4.58. The Morgan fingerprint density at radius 2 is 2.03 bits per heavy atom. The van der Waals surface area contributed by atoms with Crippen LogP contribution in [0.1, 0.15) is 46.9 Å². The molecule has 0 bridgehead atoms. The minimum atomic E-state index is -0.127. The van der Waals surface area contributed by atoms with Gasteiger partial charge in [0.15, 0.2) is 5.78 Å². The molecule has 1 aliphatic rings. The lowest BCUT2D eigenvalue weighted by molar-refractivity contribution is -0.127. The van der Waals surface area contributed by atoms with Crippen LogP contribution in [0.5, 0.6) is 0 Å². The third-order valence-electron chi connectivity index (χ3n) is 5.23. The lowest BCUT2D eigenvalue weighted by Crippen LogP contribution is -2.30. The second-order valence-corrected chi connectivity index (χ2v) is 8.46. The van der Waals surface area contributed by atoms with Crippen molar-refractivity contribution in [1.82, 2.24) is 15.2 Å². The molecule has 30 heavy (non-hydrogen) atoms. The van der Waals surface area contributed by atoms with Crippen molar-refractivity contribution in [2.75, 3.05) is 19.6 Å². The fourth-order valence-electron chi connectivity index (χ4n) is 3.57. The third-order valence-corrected chi connectivity index (χ3v) is 6.30. The van der Waals surface area contributed by atoms with Gasteiger partial charge in [-0.3, -0.25) is 14.4 Å². The van der Waals surface area contributed by atoms with Crippen LogP contribution >= 0.6 is 11.3 Å². The number of Topliss-reactive ketones (excluding diaryl/α,β-unsaturated/α-hetero) is 1. The summed E-state index contributed by atoms with van der Waals surface area (Å²) in [5.41, 5.74) is 2.97. The van der Waals surface area contributed by atoms with Crippen LogP contribution in [-0.4, -0.2) is 47.1 Å². The molecule has 2 heterocycles. The van der Waals surface area contributed by atoms with Gasteiger partial charge in [-0.25, -0.2) is 4.98 Å². The number of ketones is 1. The first-order chi connectivity index (χ1) is 14.5. The van der Waals surface area contributed by atoms with Crippen molar-refractivity contribution < 1.29 is 14.4 Å². The summed E-state index contributed by atoms with van der Waals surface area (Å²) in [7, 11) is 0. The van der Waals surface area contributed by atoms with Crippen molar-refractivity contribution in [1.29, 1.82) is 0 Å². The van der Waals surface area contributed by atoms with Crippen molar-refractivity contribution in [2.45, 2.75) is 26.2 Å². The minimum Gasteiger partial charge on any atom is -0.352 e. The predicted octanol–water partition coefficient (Wildman–Crippen LogP) is 3.91. The maximum absolute atomic E-state index is 12.5. The number of fused-ring (bicyclic) bond motifs is 1. The molecule has 0 aliphatic carbocycles. The number of nitrogens with zero attached hydrogens (tertiary/aromatic N) is 2. The summed E-state index contributed by atoms with van der Waals surface area (Å²) in [6.45, 7) is 3.60. The van der Waals surface area contributed by atoms with E-state index < -0.39 is 0 Å². The standard InChI is InChI=1S/C23H23N3O3S/c1-15(27)16-5-2-6-18(13-16)23-25-19-9-8-17(14-20(19)30-23)22(29)24-10-4-12-26-11-3-7-21(26)28/h2,5-6,8-9,13-14H,3-4,7,10-12H2,1H3,(H,24,29). The number of nitrogens with one attached hydrogen (secondary N) is 1. The summed E-state index contributed by atoms with van der Waals surface area (Å²) < 4.78 is 0.925. The van der Waals surface area contributed by atoms with Crippen LogP contribution in [0.4, 0.5) is 0 Å². The van der Waals surface area contributed by atoms with E-state index in [0.29, 0.717) is 30.6 Å². The monoisotopic (exact) mass is 421 g/mol. The first kappa shape index (κ1) is 20.2. The molecule has 2 aromatic carbocycles. The molecular formula is C23H23N3O3S. The number of aromatic nitrogens is 1. The van der Waals surface area contributed by atoms with Gasteiger partial charge in [0.2, 0.25) is 5.91 Å². The summed E-state index contributed by atoms with van der Waals surface area (Å²) in [4.78, 5) is 42.3. The molecule has 1 N–H and O–H groups in total. The number of thiazole rings is 1. The van der Waals surface area contributed by atoms with E-state index >= 15 is 0 Å². The molecule has 0 spiro atoms. The van der Waals surface area contributed by atoms with Crippen LogP contribution in [0, 0.1) is 0 Å². The molecule has 6 nitrogen and oxygen atoms in total. The predicted molar refractivity (Wildman–Crippen MR) is 118 cm³/mol. The van der Waals surface area contributed by atoms with E-state index in [1.54, 1.807) is 19.1 Å². The summed E-state index contributed by atoms with van der Waals surface area (Å²) in [6.07, 6.45) is 2.32. The average molecular weight is 422 g/mol. The van der Waals surface area contributed by atoms with Crippen molar-refractivity contribution in [3.05, 3.63) is 53.6 Å². The maximum atomic E-state index is 12.5. The molecule has 1 saturated heterocycles. The van der Waals surface area contributed by atoms with Crippen molar-refractivity contribution >= 4 is 39.2 Å². The summed E-state index contributed by atoms with van der Waals surface area (Å²) in [6, 6.07) is 12.9.